The zero-order valence-corrected chi connectivity index (χ0v) is 33.2. The molecular weight excluding hydrogens is 663 g/mol. The van der Waals surface area contributed by atoms with Gasteiger partial charge in [0.1, 0.15) is 6.04 Å². The van der Waals surface area contributed by atoms with Gasteiger partial charge >= 0.3 is 0 Å². The number of hydrogen-bond donors (Lipinski definition) is 3. The molecule has 3 aromatic rings. The van der Waals surface area contributed by atoms with E-state index in [2.05, 4.69) is 73.6 Å². The lowest BCUT2D eigenvalue weighted by Crippen LogP contribution is -2.62. The lowest BCUT2D eigenvalue weighted by molar-refractivity contribution is -0.179. The molecule has 9 heteroatoms. The number of aliphatic hydroxyl groups excluding tert-OH is 1. The summed E-state index contributed by atoms with van der Waals surface area (Å²) in [5.74, 6) is 1.05. The largest absolute Gasteiger partial charge is 0.393 e. The number of fused-ring (bicyclic) bond motifs is 2. The second kappa shape index (κ2) is 15.9. The third-order valence-electron chi connectivity index (χ3n) is 12.7. The number of rotatable bonds is 13. The standard InChI is InChI=1S/C44H61N5O4/c1-27-31(16-13-17-36(27)32-20-33(22-35(21-32)48(8)9)42(51)45-19-18-30-14-11-10-12-15-30)25-49-41(40(29(3)50)39(53-49)26-47(6)7)43(52)46-38-24-34-23-37(28(38)2)44(34,4)5/h10-17,20-22,28-29,34,37-41,50H,18-19,23-26H2,1-9H3,(H,45,51)(H,46,52)/t28-,29-,34+,37-,38-,39-,40+,41-/m0/s1. The Hall–Kier alpha value is -3.76. The van der Waals surface area contributed by atoms with Gasteiger partial charge < -0.3 is 25.5 Å². The Morgan fingerprint density at radius 3 is 2.40 bits per heavy atom. The Morgan fingerprint density at radius 1 is 1.02 bits per heavy atom. The van der Waals surface area contributed by atoms with Gasteiger partial charge in [0, 0.05) is 50.4 Å². The average Bonchev–Trinajstić information content (AvgIpc) is 3.47. The highest BCUT2D eigenvalue weighted by atomic mass is 16.7. The third kappa shape index (κ3) is 8.19. The fraction of sp³-hybridized carbons (Fsp3) is 0.545. The quantitative estimate of drug-likeness (QED) is 0.201. The number of nitrogens with zero attached hydrogens (tertiary/aromatic N) is 3. The molecule has 4 fully saturated rings. The van der Waals surface area contributed by atoms with Gasteiger partial charge in [0.05, 0.1) is 18.8 Å². The summed E-state index contributed by atoms with van der Waals surface area (Å²) in [6.07, 6.45) is 1.91. The van der Waals surface area contributed by atoms with Gasteiger partial charge in [-0.3, -0.25) is 14.4 Å². The van der Waals surface area contributed by atoms with Crippen molar-refractivity contribution in [2.45, 2.75) is 84.7 Å². The Morgan fingerprint density at radius 2 is 1.75 bits per heavy atom. The van der Waals surface area contributed by atoms with Crippen molar-refractivity contribution >= 4 is 17.5 Å². The number of nitrogens with one attached hydrogen (secondary N) is 2. The first-order valence-corrected chi connectivity index (χ1v) is 19.5. The molecule has 3 saturated carbocycles. The topological polar surface area (TPSA) is 97.4 Å². The monoisotopic (exact) mass is 723 g/mol. The molecule has 1 aliphatic heterocycles. The van der Waals surface area contributed by atoms with E-state index in [0.29, 0.717) is 48.4 Å². The number of amides is 2. The van der Waals surface area contributed by atoms with Crippen LogP contribution in [0.4, 0.5) is 5.69 Å². The van der Waals surface area contributed by atoms with Crippen LogP contribution in [0.2, 0.25) is 0 Å². The van der Waals surface area contributed by atoms with E-state index in [1.165, 1.54) is 12.0 Å². The molecule has 3 aliphatic carbocycles. The number of likely N-dealkylation sites (N-methyl/N-ethyl adjacent to an activating group) is 1. The maximum atomic E-state index is 14.4. The highest BCUT2D eigenvalue weighted by molar-refractivity contribution is 5.97. The first-order valence-electron chi connectivity index (χ1n) is 19.5. The molecule has 1 saturated heterocycles. The van der Waals surface area contributed by atoms with Crippen LogP contribution < -0.4 is 15.5 Å². The van der Waals surface area contributed by atoms with Gasteiger partial charge in [-0.15, -0.1) is 0 Å². The van der Waals surface area contributed by atoms with Gasteiger partial charge in [-0.25, -0.2) is 0 Å². The van der Waals surface area contributed by atoms with E-state index in [0.717, 1.165) is 40.8 Å². The van der Waals surface area contributed by atoms with Crippen LogP contribution in [0.1, 0.15) is 67.6 Å². The van der Waals surface area contributed by atoms with Gasteiger partial charge in [0.15, 0.2) is 0 Å². The Kier molecular flexibility index (Phi) is 11.7. The minimum absolute atomic E-state index is 0.0662. The van der Waals surface area contributed by atoms with E-state index in [-0.39, 0.29) is 24.0 Å². The molecule has 1 heterocycles. The number of aliphatic hydroxyl groups is 1. The molecule has 0 radical (unpaired) electrons. The fourth-order valence-electron chi connectivity index (χ4n) is 9.40. The lowest BCUT2D eigenvalue weighted by Gasteiger charge is -2.62. The predicted molar refractivity (Wildman–Crippen MR) is 212 cm³/mol. The molecule has 2 bridgehead atoms. The Balaban J connectivity index is 1.26. The Bertz CT molecular complexity index is 1760. The summed E-state index contributed by atoms with van der Waals surface area (Å²) >= 11 is 0. The van der Waals surface area contributed by atoms with E-state index < -0.39 is 18.1 Å². The third-order valence-corrected chi connectivity index (χ3v) is 12.7. The zero-order valence-electron chi connectivity index (χ0n) is 33.2. The molecule has 0 spiro atoms. The minimum atomic E-state index is -0.740. The molecule has 3 aromatic carbocycles. The molecule has 4 aliphatic rings. The highest BCUT2D eigenvalue weighted by Gasteiger charge is 2.57. The van der Waals surface area contributed by atoms with Crippen LogP contribution in [0.15, 0.2) is 66.7 Å². The average molecular weight is 724 g/mol. The molecule has 3 N–H and O–H groups in total. The SMILES string of the molecule is Cc1c(CN2O[C@@H](CN(C)C)[C@@H]([C@H](C)O)[C@H]2C(=O)N[C@H]2C[C@H]3C[C@@H]([C@@H]2C)C3(C)C)cccc1-c1cc(C(=O)NCCc2ccccc2)cc(N(C)C)c1. The fourth-order valence-corrected chi connectivity index (χ4v) is 9.40. The van der Waals surface area contributed by atoms with Crippen LogP contribution in [-0.4, -0.2) is 92.5 Å². The van der Waals surface area contributed by atoms with Crippen LogP contribution in [0.3, 0.4) is 0 Å². The molecule has 0 aromatic heterocycles. The maximum absolute atomic E-state index is 14.4. The number of carbonyl (C=O) groups is 2. The summed E-state index contributed by atoms with van der Waals surface area (Å²) < 4.78 is 0. The van der Waals surface area contributed by atoms with Crippen molar-refractivity contribution in [3.05, 3.63) is 89.0 Å². The van der Waals surface area contributed by atoms with Crippen LogP contribution in [0, 0.1) is 36.0 Å². The predicted octanol–water partition coefficient (Wildman–Crippen LogP) is 5.93. The van der Waals surface area contributed by atoms with Crippen molar-refractivity contribution in [3.8, 4) is 11.1 Å². The van der Waals surface area contributed by atoms with Crippen molar-refractivity contribution in [1.82, 2.24) is 20.6 Å². The van der Waals surface area contributed by atoms with Crippen molar-refractivity contribution < 1.29 is 19.5 Å². The molecule has 53 heavy (non-hydrogen) atoms. The summed E-state index contributed by atoms with van der Waals surface area (Å²) in [5, 5.41) is 19.6. The first kappa shape index (κ1) is 38.9. The van der Waals surface area contributed by atoms with Gasteiger partial charge in [-0.1, -0.05) is 69.3 Å². The molecule has 286 valence electrons. The second-order valence-corrected chi connectivity index (χ2v) is 17.1. The van der Waals surface area contributed by atoms with Crippen LogP contribution in [0.5, 0.6) is 0 Å². The second-order valence-electron chi connectivity index (χ2n) is 17.1. The molecular formula is C44H61N5O4. The van der Waals surface area contributed by atoms with Gasteiger partial charge in [-0.2, -0.15) is 5.06 Å². The van der Waals surface area contributed by atoms with E-state index in [1.54, 1.807) is 6.92 Å². The van der Waals surface area contributed by atoms with Gasteiger partial charge in [-0.05, 0) is 116 Å². The van der Waals surface area contributed by atoms with E-state index in [4.69, 9.17) is 4.84 Å². The normalized spacial score (nSPS) is 26.9. The molecule has 7 rings (SSSR count). The van der Waals surface area contributed by atoms with Crippen LogP contribution >= 0.6 is 0 Å². The molecule has 9 nitrogen and oxygen atoms in total. The number of benzene rings is 3. The van der Waals surface area contributed by atoms with E-state index >= 15 is 0 Å². The van der Waals surface area contributed by atoms with Crippen LogP contribution in [0.25, 0.3) is 11.1 Å². The van der Waals surface area contributed by atoms with E-state index in [1.807, 2.05) is 74.6 Å². The smallest absolute Gasteiger partial charge is 0.251 e. The summed E-state index contributed by atoms with van der Waals surface area (Å²) in [5.41, 5.74) is 7.07. The zero-order chi connectivity index (χ0) is 38.2. The number of hydroxylamine groups is 2. The van der Waals surface area contributed by atoms with Crippen molar-refractivity contribution in [2.24, 2.45) is 29.1 Å². The minimum Gasteiger partial charge on any atom is -0.393 e. The van der Waals surface area contributed by atoms with Crippen LogP contribution in [-0.2, 0) is 22.6 Å². The van der Waals surface area contributed by atoms with Gasteiger partial charge in [0.25, 0.3) is 5.91 Å². The number of hydrogen-bond acceptors (Lipinski definition) is 7. The first-order chi connectivity index (χ1) is 25.1. The summed E-state index contributed by atoms with van der Waals surface area (Å²) in [6.45, 7) is 12.4. The van der Waals surface area contributed by atoms with E-state index in [9.17, 15) is 14.7 Å². The summed E-state index contributed by atoms with van der Waals surface area (Å²) in [4.78, 5) is 38.6. The molecule has 2 amide bonds. The van der Waals surface area contributed by atoms with Gasteiger partial charge in [0.2, 0.25) is 5.91 Å². The maximum Gasteiger partial charge on any atom is 0.251 e. The van der Waals surface area contributed by atoms with Crippen molar-refractivity contribution in [3.63, 3.8) is 0 Å². The van der Waals surface area contributed by atoms with Crippen molar-refractivity contribution in [2.75, 3.05) is 46.2 Å². The van der Waals surface area contributed by atoms with Crippen molar-refractivity contribution in [1.29, 1.82) is 0 Å². The summed E-state index contributed by atoms with van der Waals surface area (Å²) in [6, 6.07) is 21.8. The molecule has 0 unspecified atom stereocenters. The Labute approximate surface area is 317 Å². The molecule has 8 atom stereocenters. The number of carbonyl (C=O) groups excluding carboxylic acids is 2. The number of anilines is 1. The highest BCUT2D eigenvalue weighted by Crippen LogP contribution is 2.61. The summed E-state index contributed by atoms with van der Waals surface area (Å²) in [7, 11) is 7.95. The lowest BCUT2D eigenvalue weighted by atomic mass is 9.45.